The molecule has 1 rings (SSSR count). The molecule has 8 heteroatoms. The van der Waals surface area contributed by atoms with Crippen molar-refractivity contribution in [3.63, 3.8) is 0 Å². The van der Waals surface area contributed by atoms with Gasteiger partial charge in [-0.1, -0.05) is 18.2 Å². The Morgan fingerprint density at radius 3 is 2.47 bits per heavy atom. The Balaban J connectivity index is 2.99. The van der Waals surface area contributed by atoms with E-state index < -0.39 is 36.7 Å². The van der Waals surface area contributed by atoms with E-state index in [2.05, 4.69) is 4.74 Å². The molecule has 0 aliphatic carbocycles. The maximum Gasteiger partial charge on any atom is 0.461 e. The molecule has 0 heterocycles. The highest BCUT2D eigenvalue weighted by Gasteiger charge is 2.44. The number of carbonyl (C=O) groups is 1. The smallest absolute Gasteiger partial charge is 0.461 e. The summed E-state index contributed by atoms with van der Waals surface area (Å²) in [6.07, 6.45) is -9.21. The van der Waals surface area contributed by atoms with Crippen LogP contribution in [-0.2, 0) is 4.79 Å². The van der Waals surface area contributed by atoms with Crippen LogP contribution in [0.4, 0.5) is 17.6 Å². The second kappa shape index (κ2) is 5.87. The Kier molecular flexibility index (Phi) is 4.71. The lowest BCUT2D eigenvalue weighted by atomic mass is 10.0. The monoisotopic (exact) mass is 281 g/mol. The van der Waals surface area contributed by atoms with Crippen molar-refractivity contribution < 1.29 is 32.2 Å². The molecule has 19 heavy (non-hydrogen) atoms. The average molecular weight is 281 g/mol. The topological polar surface area (TPSA) is 72.6 Å². The summed E-state index contributed by atoms with van der Waals surface area (Å²) in [6.45, 7) is 0. The minimum absolute atomic E-state index is 0.0785. The van der Waals surface area contributed by atoms with Crippen LogP contribution in [0.5, 0.6) is 5.75 Å². The van der Waals surface area contributed by atoms with Crippen molar-refractivity contribution in [3.8, 4) is 5.75 Å². The molecule has 1 aromatic rings. The van der Waals surface area contributed by atoms with Crippen LogP contribution in [0, 0.1) is 0 Å². The number of hydrogen-bond acceptors (Lipinski definition) is 3. The molecule has 0 aliphatic heterocycles. The van der Waals surface area contributed by atoms with Crippen molar-refractivity contribution in [2.75, 3.05) is 0 Å². The van der Waals surface area contributed by atoms with Crippen molar-refractivity contribution in [3.05, 3.63) is 29.8 Å². The highest BCUT2D eigenvalue weighted by atomic mass is 19.3. The zero-order chi connectivity index (χ0) is 14.6. The third-order valence-corrected chi connectivity index (χ3v) is 2.21. The highest BCUT2D eigenvalue weighted by Crippen LogP contribution is 2.32. The average Bonchev–Trinajstić information content (AvgIpc) is 2.27. The highest BCUT2D eigenvalue weighted by molar-refractivity contribution is 5.68. The standard InChI is InChI=1S/C11H11F4NO3/c12-10(13)11(14,15)19-8-4-2-1-3-6(8)7(16)5-9(17)18/h1-4,7,10H,5,16H2,(H,17,18). The molecule has 3 N–H and O–H groups in total. The van der Waals surface area contributed by atoms with Crippen LogP contribution in [0.2, 0.25) is 0 Å². The second-order valence-electron chi connectivity index (χ2n) is 3.71. The van der Waals surface area contributed by atoms with E-state index in [4.69, 9.17) is 10.8 Å². The molecule has 0 amide bonds. The summed E-state index contributed by atoms with van der Waals surface area (Å²) in [7, 11) is 0. The third-order valence-electron chi connectivity index (χ3n) is 2.21. The Hall–Kier alpha value is -1.83. The zero-order valence-corrected chi connectivity index (χ0v) is 9.52. The zero-order valence-electron chi connectivity index (χ0n) is 9.52. The van der Waals surface area contributed by atoms with Gasteiger partial charge in [-0.3, -0.25) is 4.79 Å². The summed E-state index contributed by atoms with van der Waals surface area (Å²) in [5.74, 6) is -1.82. The summed E-state index contributed by atoms with van der Waals surface area (Å²) in [4.78, 5) is 10.5. The van der Waals surface area contributed by atoms with Gasteiger partial charge >= 0.3 is 18.5 Å². The number of alkyl halides is 4. The fourth-order valence-electron chi connectivity index (χ4n) is 1.37. The molecule has 0 bridgehead atoms. The molecule has 106 valence electrons. The maximum atomic E-state index is 12.8. The molecular weight excluding hydrogens is 270 g/mol. The summed E-state index contributed by atoms with van der Waals surface area (Å²) >= 11 is 0. The fraction of sp³-hybridized carbons (Fsp3) is 0.364. The van der Waals surface area contributed by atoms with Crippen LogP contribution < -0.4 is 10.5 Å². The second-order valence-corrected chi connectivity index (χ2v) is 3.71. The first-order valence-corrected chi connectivity index (χ1v) is 5.15. The van der Waals surface area contributed by atoms with Gasteiger partial charge in [0, 0.05) is 11.6 Å². The Morgan fingerprint density at radius 2 is 1.95 bits per heavy atom. The molecule has 0 aromatic heterocycles. The summed E-state index contributed by atoms with van der Waals surface area (Å²) in [6, 6.07) is 3.82. The molecule has 0 saturated carbocycles. The van der Waals surface area contributed by atoms with Crippen LogP contribution in [0.1, 0.15) is 18.0 Å². The van der Waals surface area contributed by atoms with Gasteiger partial charge in [0.15, 0.2) is 0 Å². The third kappa shape index (κ3) is 4.09. The molecule has 1 atom stereocenters. The van der Waals surface area contributed by atoms with Gasteiger partial charge in [0.1, 0.15) is 5.75 Å². The van der Waals surface area contributed by atoms with Crippen molar-refractivity contribution in [1.29, 1.82) is 0 Å². The van der Waals surface area contributed by atoms with Crippen molar-refractivity contribution in [2.24, 2.45) is 5.73 Å². The molecule has 1 unspecified atom stereocenters. The largest absolute Gasteiger partial charge is 0.481 e. The number of carboxylic acids is 1. The van der Waals surface area contributed by atoms with E-state index in [1.54, 1.807) is 0 Å². The molecule has 1 aromatic carbocycles. The van der Waals surface area contributed by atoms with E-state index in [9.17, 15) is 22.4 Å². The predicted octanol–water partition coefficient (Wildman–Crippen LogP) is 2.40. The van der Waals surface area contributed by atoms with Gasteiger partial charge in [-0.25, -0.2) is 0 Å². The number of halogens is 4. The normalized spacial score (nSPS) is 13.4. The van der Waals surface area contributed by atoms with Gasteiger partial charge < -0.3 is 15.6 Å². The predicted molar refractivity (Wildman–Crippen MR) is 57.2 cm³/mol. The summed E-state index contributed by atoms with van der Waals surface area (Å²) < 4.78 is 53.6. The summed E-state index contributed by atoms with van der Waals surface area (Å²) in [5, 5.41) is 8.57. The first-order valence-electron chi connectivity index (χ1n) is 5.15. The Bertz CT molecular complexity index is 453. The Morgan fingerprint density at radius 1 is 1.37 bits per heavy atom. The van der Waals surface area contributed by atoms with Crippen molar-refractivity contribution in [2.45, 2.75) is 25.0 Å². The number of ether oxygens (including phenoxy) is 1. The molecule has 0 fully saturated rings. The van der Waals surface area contributed by atoms with Gasteiger partial charge in [0.05, 0.1) is 6.42 Å². The molecule has 0 spiro atoms. The number of benzene rings is 1. The number of nitrogens with two attached hydrogens (primary N) is 1. The SMILES string of the molecule is NC(CC(=O)O)c1ccccc1OC(F)(F)C(F)F. The van der Waals surface area contributed by atoms with Gasteiger partial charge in [0.25, 0.3) is 0 Å². The van der Waals surface area contributed by atoms with Crippen LogP contribution in [-0.4, -0.2) is 23.6 Å². The number of aliphatic carboxylic acids is 1. The lowest BCUT2D eigenvalue weighted by Gasteiger charge is -2.20. The lowest BCUT2D eigenvalue weighted by Crippen LogP contribution is -2.34. The van der Waals surface area contributed by atoms with Gasteiger partial charge in [0.2, 0.25) is 0 Å². The van der Waals surface area contributed by atoms with Crippen LogP contribution in [0.25, 0.3) is 0 Å². The van der Waals surface area contributed by atoms with Gasteiger partial charge in [-0.05, 0) is 6.07 Å². The van der Waals surface area contributed by atoms with E-state index in [-0.39, 0.29) is 5.56 Å². The number of para-hydroxylation sites is 1. The summed E-state index contributed by atoms with van der Waals surface area (Å²) in [5.41, 5.74) is 5.42. The van der Waals surface area contributed by atoms with Gasteiger partial charge in [-0.15, -0.1) is 0 Å². The molecule has 0 saturated heterocycles. The fourth-order valence-corrected chi connectivity index (χ4v) is 1.37. The first-order chi connectivity index (χ1) is 8.74. The van der Waals surface area contributed by atoms with Gasteiger partial charge in [-0.2, -0.15) is 17.6 Å². The Labute approximate surface area is 105 Å². The molecular formula is C11H11F4NO3. The maximum absolute atomic E-state index is 12.8. The minimum atomic E-state index is -4.67. The van der Waals surface area contributed by atoms with E-state index in [1.807, 2.05) is 0 Å². The van der Waals surface area contributed by atoms with Crippen molar-refractivity contribution >= 4 is 5.97 Å². The van der Waals surface area contributed by atoms with E-state index >= 15 is 0 Å². The van der Waals surface area contributed by atoms with Crippen molar-refractivity contribution in [1.82, 2.24) is 0 Å². The molecule has 4 nitrogen and oxygen atoms in total. The van der Waals surface area contributed by atoms with Crippen LogP contribution in [0.15, 0.2) is 24.3 Å². The first kappa shape index (κ1) is 15.2. The lowest BCUT2D eigenvalue weighted by molar-refractivity contribution is -0.253. The number of hydrogen-bond donors (Lipinski definition) is 2. The van der Waals surface area contributed by atoms with E-state index in [0.29, 0.717) is 0 Å². The molecule has 0 radical (unpaired) electrons. The number of carboxylic acid groups (broad SMARTS) is 1. The quantitative estimate of drug-likeness (QED) is 0.785. The van der Waals surface area contributed by atoms with E-state index in [1.165, 1.54) is 18.2 Å². The van der Waals surface area contributed by atoms with Crippen LogP contribution >= 0.6 is 0 Å². The number of rotatable bonds is 6. The van der Waals surface area contributed by atoms with Crippen LogP contribution in [0.3, 0.4) is 0 Å². The molecule has 0 aliphatic rings. The minimum Gasteiger partial charge on any atom is -0.481 e. The van der Waals surface area contributed by atoms with E-state index in [0.717, 1.165) is 6.07 Å².